The first-order chi connectivity index (χ1) is 10.6. The average Bonchev–Trinajstić information content (AvgIpc) is 2.99. The third-order valence-corrected chi connectivity index (χ3v) is 4.31. The number of hydrogen-bond acceptors (Lipinski definition) is 5. The maximum atomic E-state index is 12.5. The zero-order chi connectivity index (χ0) is 15.7. The zero-order valence-corrected chi connectivity index (χ0v) is 12.9. The van der Waals surface area contributed by atoms with Gasteiger partial charge in [-0.15, -0.1) is 11.3 Å². The molecule has 0 aliphatic heterocycles. The second kappa shape index (κ2) is 5.69. The second-order valence-electron chi connectivity index (χ2n) is 4.66. The number of H-pyrrole nitrogens is 1. The van der Waals surface area contributed by atoms with Crippen LogP contribution in [0.4, 0.5) is 0 Å². The van der Waals surface area contributed by atoms with Crippen molar-refractivity contribution in [1.82, 2.24) is 9.55 Å². The third kappa shape index (κ3) is 2.39. The van der Waals surface area contributed by atoms with Crippen LogP contribution in [0.5, 0.6) is 11.5 Å². The lowest BCUT2D eigenvalue weighted by atomic mass is 10.2. The van der Waals surface area contributed by atoms with E-state index >= 15 is 0 Å². The van der Waals surface area contributed by atoms with Gasteiger partial charge in [0.2, 0.25) is 0 Å². The first-order valence-electron chi connectivity index (χ1n) is 6.55. The van der Waals surface area contributed by atoms with E-state index in [2.05, 4.69) is 4.98 Å². The number of aromatic nitrogens is 2. The lowest BCUT2D eigenvalue weighted by molar-refractivity contribution is 0.397. The van der Waals surface area contributed by atoms with Gasteiger partial charge in [-0.3, -0.25) is 9.36 Å². The molecule has 0 bridgehead atoms. The molecule has 0 saturated heterocycles. The summed E-state index contributed by atoms with van der Waals surface area (Å²) in [7, 11) is 3.10. The van der Waals surface area contributed by atoms with Crippen molar-refractivity contribution >= 4 is 21.6 Å². The lowest BCUT2D eigenvalue weighted by Crippen LogP contribution is -2.34. The highest BCUT2D eigenvalue weighted by Crippen LogP contribution is 2.24. The smallest absolute Gasteiger partial charge is 0.329 e. The van der Waals surface area contributed by atoms with E-state index in [-0.39, 0.29) is 12.1 Å². The molecule has 3 rings (SSSR count). The molecule has 3 aromatic rings. The third-order valence-electron chi connectivity index (χ3n) is 3.41. The number of methoxy groups -OCH3 is 2. The van der Waals surface area contributed by atoms with Crippen LogP contribution in [0.3, 0.4) is 0 Å². The molecule has 0 unspecified atom stereocenters. The lowest BCUT2D eigenvalue weighted by Gasteiger charge is -2.11. The first kappa shape index (κ1) is 14.4. The van der Waals surface area contributed by atoms with Crippen molar-refractivity contribution in [1.29, 1.82) is 0 Å². The average molecular weight is 318 g/mol. The van der Waals surface area contributed by atoms with Crippen molar-refractivity contribution < 1.29 is 9.47 Å². The van der Waals surface area contributed by atoms with Crippen LogP contribution in [0.1, 0.15) is 5.56 Å². The summed E-state index contributed by atoms with van der Waals surface area (Å²) in [6.07, 6.45) is 0. The molecule has 7 heteroatoms. The number of fused-ring (bicyclic) bond motifs is 1. The number of nitrogens with one attached hydrogen (secondary N) is 1. The van der Waals surface area contributed by atoms with E-state index in [1.54, 1.807) is 43.9 Å². The number of ether oxygens (including phenoxy) is 2. The molecular weight excluding hydrogens is 304 g/mol. The zero-order valence-electron chi connectivity index (χ0n) is 12.1. The molecule has 0 radical (unpaired) electrons. The highest BCUT2D eigenvalue weighted by Gasteiger charge is 2.12. The molecule has 0 spiro atoms. The topological polar surface area (TPSA) is 73.3 Å². The van der Waals surface area contributed by atoms with Gasteiger partial charge in [0, 0.05) is 5.56 Å². The SMILES string of the molecule is COc1ccc(OC)c(Cn2c(=O)[nH]c3ccsc3c2=O)c1. The Kier molecular flexibility index (Phi) is 3.72. The summed E-state index contributed by atoms with van der Waals surface area (Å²) in [4.78, 5) is 27.3. The van der Waals surface area contributed by atoms with Crippen molar-refractivity contribution in [3.8, 4) is 11.5 Å². The molecule has 0 amide bonds. The van der Waals surface area contributed by atoms with E-state index in [0.717, 1.165) is 4.57 Å². The predicted molar refractivity (Wildman–Crippen MR) is 85.4 cm³/mol. The van der Waals surface area contributed by atoms with Crippen LogP contribution in [0.15, 0.2) is 39.2 Å². The van der Waals surface area contributed by atoms with Gasteiger partial charge in [-0.1, -0.05) is 0 Å². The molecule has 1 aromatic carbocycles. The Morgan fingerprint density at radius 2 is 2.00 bits per heavy atom. The number of hydrogen-bond donors (Lipinski definition) is 1. The summed E-state index contributed by atoms with van der Waals surface area (Å²) in [5.41, 5.74) is 0.513. The van der Waals surface area contributed by atoms with Crippen LogP contribution in [-0.2, 0) is 6.54 Å². The molecular formula is C15H14N2O4S. The monoisotopic (exact) mass is 318 g/mol. The molecule has 0 atom stereocenters. The maximum Gasteiger partial charge on any atom is 0.329 e. The summed E-state index contributed by atoms with van der Waals surface area (Å²) in [6, 6.07) is 6.98. The van der Waals surface area contributed by atoms with Crippen molar-refractivity contribution in [3.05, 3.63) is 56.0 Å². The van der Waals surface area contributed by atoms with E-state index in [9.17, 15) is 9.59 Å². The van der Waals surface area contributed by atoms with Crippen molar-refractivity contribution in [3.63, 3.8) is 0 Å². The Hall–Kier alpha value is -2.54. The fourth-order valence-corrected chi connectivity index (χ4v) is 3.09. The van der Waals surface area contributed by atoms with Gasteiger partial charge in [-0.25, -0.2) is 4.79 Å². The number of aromatic amines is 1. The van der Waals surface area contributed by atoms with E-state index in [1.165, 1.54) is 11.3 Å². The fourth-order valence-electron chi connectivity index (χ4n) is 2.29. The Labute approximate surface area is 129 Å². The second-order valence-corrected chi connectivity index (χ2v) is 5.58. The first-order valence-corrected chi connectivity index (χ1v) is 7.43. The highest BCUT2D eigenvalue weighted by molar-refractivity contribution is 7.17. The highest BCUT2D eigenvalue weighted by atomic mass is 32.1. The molecule has 2 heterocycles. The van der Waals surface area contributed by atoms with Crippen LogP contribution in [0, 0.1) is 0 Å². The molecule has 6 nitrogen and oxygen atoms in total. The number of rotatable bonds is 4. The standard InChI is InChI=1S/C15H14N2O4S/c1-20-10-3-4-12(21-2)9(7-10)8-17-14(18)13-11(5-6-22-13)16-15(17)19/h3-7H,8H2,1-2H3,(H,16,19). The minimum Gasteiger partial charge on any atom is -0.497 e. The van der Waals surface area contributed by atoms with Gasteiger partial charge in [-0.05, 0) is 29.6 Å². The molecule has 114 valence electrons. The van der Waals surface area contributed by atoms with Crippen molar-refractivity contribution in [2.45, 2.75) is 6.54 Å². The van der Waals surface area contributed by atoms with Crippen molar-refractivity contribution in [2.24, 2.45) is 0 Å². The number of nitrogens with zero attached hydrogens (tertiary/aromatic N) is 1. The van der Waals surface area contributed by atoms with Crippen LogP contribution < -0.4 is 20.7 Å². The Morgan fingerprint density at radius 1 is 1.18 bits per heavy atom. The van der Waals surface area contributed by atoms with Crippen molar-refractivity contribution in [2.75, 3.05) is 14.2 Å². The van der Waals surface area contributed by atoms with Crippen LogP contribution in [-0.4, -0.2) is 23.8 Å². The Balaban J connectivity index is 2.14. The van der Waals surface area contributed by atoms with E-state index in [0.29, 0.717) is 27.3 Å². The van der Waals surface area contributed by atoms with Crippen LogP contribution in [0.2, 0.25) is 0 Å². The molecule has 0 aliphatic carbocycles. The molecule has 22 heavy (non-hydrogen) atoms. The Bertz CT molecular complexity index is 939. The van der Waals surface area contributed by atoms with E-state index < -0.39 is 5.69 Å². The van der Waals surface area contributed by atoms with E-state index in [4.69, 9.17) is 9.47 Å². The summed E-state index contributed by atoms with van der Waals surface area (Å²) in [6.45, 7) is 0.113. The number of thiophene rings is 1. The molecule has 0 saturated carbocycles. The minimum atomic E-state index is -0.444. The van der Waals surface area contributed by atoms with Crippen LogP contribution in [0.25, 0.3) is 10.2 Å². The molecule has 0 fully saturated rings. The van der Waals surface area contributed by atoms with Gasteiger partial charge in [-0.2, -0.15) is 0 Å². The number of benzene rings is 1. The van der Waals surface area contributed by atoms with Gasteiger partial charge in [0.1, 0.15) is 16.2 Å². The summed E-state index contributed by atoms with van der Waals surface area (Å²) in [5, 5.41) is 1.78. The quantitative estimate of drug-likeness (QED) is 0.796. The summed E-state index contributed by atoms with van der Waals surface area (Å²) in [5.74, 6) is 1.23. The minimum absolute atomic E-state index is 0.113. The van der Waals surface area contributed by atoms with Gasteiger partial charge in [0.05, 0.1) is 26.3 Å². The Morgan fingerprint density at radius 3 is 2.73 bits per heavy atom. The maximum absolute atomic E-state index is 12.5. The molecule has 2 aromatic heterocycles. The normalized spacial score (nSPS) is 10.8. The largest absolute Gasteiger partial charge is 0.497 e. The van der Waals surface area contributed by atoms with Gasteiger partial charge in [0.15, 0.2) is 0 Å². The molecule has 0 aliphatic rings. The van der Waals surface area contributed by atoms with Crippen LogP contribution >= 0.6 is 11.3 Å². The van der Waals surface area contributed by atoms with E-state index in [1.807, 2.05) is 0 Å². The van der Waals surface area contributed by atoms with Gasteiger partial charge in [0.25, 0.3) is 5.56 Å². The molecule has 1 N–H and O–H groups in total. The predicted octanol–water partition coefficient (Wildman–Crippen LogP) is 1.82. The van der Waals surface area contributed by atoms with Gasteiger partial charge >= 0.3 is 5.69 Å². The summed E-state index contributed by atoms with van der Waals surface area (Å²) < 4.78 is 12.2. The summed E-state index contributed by atoms with van der Waals surface area (Å²) >= 11 is 1.31. The van der Waals surface area contributed by atoms with Gasteiger partial charge < -0.3 is 14.5 Å². The fraction of sp³-hybridized carbons (Fsp3) is 0.200.